The van der Waals surface area contributed by atoms with Crippen LogP contribution in [0.1, 0.15) is 35.8 Å². The maximum absolute atomic E-state index is 11.6. The first-order valence-electron chi connectivity index (χ1n) is 4.59. The van der Waals surface area contributed by atoms with E-state index >= 15 is 0 Å². The zero-order valence-electron chi connectivity index (χ0n) is 8.50. The van der Waals surface area contributed by atoms with Crippen LogP contribution in [0.15, 0.2) is 18.3 Å². The maximum Gasteiger partial charge on any atom is 0.163 e. The third-order valence-corrected chi connectivity index (χ3v) is 1.87. The van der Waals surface area contributed by atoms with Crippen LogP contribution >= 0.6 is 0 Å². The average Bonchev–Trinajstić information content (AvgIpc) is 2.18. The molecule has 1 rings (SSSR count). The van der Waals surface area contributed by atoms with Gasteiger partial charge < -0.3 is 0 Å². The molecule has 0 aromatic carbocycles. The van der Waals surface area contributed by atoms with Crippen LogP contribution in [0, 0.1) is 18.8 Å². The molecule has 0 aliphatic heterocycles. The summed E-state index contributed by atoms with van der Waals surface area (Å²) in [7, 11) is 0. The molecule has 0 saturated heterocycles. The summed E-state index contributed by atoms with van der Waals surface area (Å²) in [4.78, 5) is 15.6. The third kappa shape index (κ3) is 3.02. The molecule has 1 aromatic heterocycles. The molecule has 0 bridgehead atoms. The van der Waals surface area contributed by atoms with E-state index in [-0.39, 0.29) is 5.78 Å². The van der Waals surface area contributed by atoms with Crippen molar-refractivity contribution in [2.75, 3.05) is 0 Å². The average molecular weight is 187 g/mol. The Morgan fingerprint density at radius 1 is 1.57 bits per heavy atom. The lowest BCUT2D eigenvalue weighted by atomic mass is 10.1. The van der Waals surface area contributed by atoms with Crippen molar-refractivity contribution in [1.82, 2.24) is 4.98 Å². The second-order valence-corrected chi connectivity index (χ2v) is 3.04. The molecule has 0 radical (unpaired) electrons. The number of aryl methyl sites for hydroxylation is 1. The predicted octanol–water partition coefficient (Wildman–Crippen LogP) is 2.38. The van der Waals surface area contributed by atoms with E-state index in [1.54, 1.807) is 19.2 Å². The number of hydrogen-bond donors (Lipinski definition) is 0. The molecule has 0 aliphatic carbocycles. The summed E-state index contributed by atoms with van der Waals surface area (Å²) in [5, 5.41) is 0. The Balaban J connectivity index is 2.63. The van der Waals surface area contributed by atoms with Crippen LogP contribution in [0.5, 0.6) is 0 Å². The summed E-state index contributed by atoms with van der Waals surface area (Å²) in [5.41, 5.74) is 1.60. The van der Waals surface area contributed by atoms with Gasteiger partial charge in [-0.15, -0.1) is 11.8 Å². The van der Waals surface area contributed by atoms with Crippen molar-refractivity contribution in [2.24, 2.45) is 0 Å². The highest BCUT2D eigenvalue weighted by Gasteiger charge is 2.04. The molecule has 0 N–H and O–H groups in total. The van der Waals surface area contributed by atoms with Crippen molar-refractivity contribution in [1.29, 1.82) is 0 Å². The molecule has 0 atom stereocenters. The molecule has 14 heavy (non-hydrogen) atoms. The van der Waals surface area contributed by atoms with Crippen molar-refractivity contribution in [3.63, 3.8) is 0 Å². The van der Waals surface area contributed by atoms with E-state index in [0.29, 0.717) is 12.8 Å². The quantitative estimate of drug-likeness (QED) is 0.537. The first kappa shape index (κ1) is 10.5. The number of hydrogen-bond acceptors (Lipinski definition) is 2. The Bertz CT molecular complexity index is 385. The Hall–Kier alpha value is -1.62. The van der Waals surface area contributed by atoms with Gasteiger partial charge in [0.05, 0.1) is 0 Å². The highest BCUT2D eigenvalue weighted by atomic mass is 16.1. The van der Waals surface area contributed by atoms with Crippen LogP contribution in [-0.2, 0) is 0 Å². The van der Waals surface area contributed by atoms with Gasteiger partial charge in [0.2, 0.25) is 0 Å². The second kappa shape index (κ2) is 5.18. The number of rotatable bonds is 3. The minimum atomic E-state index is 0.137. The van der Waals surface area contributed by atoms with Gasteiger partial charge in [-0.2, -0.15) is 0 Å². The van der Waals surface area contributed by atoms with E-state index in [9.17, 15) is 4.79 Å². The monoisotopic (exact) mass is 187 g/mol. The number of carbonyl (C=O) groups excluding carboxylic acids is 1. The topological polar surface area (TPSA) is 30.0 Å². The van der Waals surface area contributed by atoms with Gasteiger partial charge in [0.25, 0.3) is 0 Å². The van der Waals surface area contributed by atoms with Crippen molar-refractivity contribution in [2.45, 2.75) is 26.7 Å². The van der Waals surface area contributed by atoms with Crippen LogP contribution in [0.25, 0.3) is 0 Å². The second-order valence-electron chi connectivity index (χ2n) is 3.04. The fourth-order valence-electron chi connectivity index (χ4n) is 1.16. The molecular formula is C12H13NO. The number of aromatic nitrogens is 1. The van der Waals surface area contributed by atoms with Crippen LogP contribution in [0.2, 0.25) is 0 Å². The number of ketones is 1. The molecule has 0 fully saturated rings. The fraction of sp³-hybridized carbons (Fsp3) is 0.333. The number of Topliss-reactive ketones (excluding diaryl/α,β-unsaturated/α-hetero) is 1. The number of pyridine rings is 1. The van der Waals surface area contributed by atoms with Crippen molar-refractivity contribution in [3.05, 3.63) is 29.6 Å². The van der Waals surface area contributed by atoms with Gasteiger partial charge in [-0.05, 0) is 26.0 Å². The van der Waals surface area contributed by atoms with Crippen LogP contribution in [0.3, 0.4) is 0 Å². The molecule has 1 heterocycles. The summed E-state index contributed by atoms with van der Waals surface area (Å²) in [6.45, 7) is 3.66. The molecular weight excluding hydrogens is 174 g/mol. The third-order valence-electron chi connectivity index (χ3n) is 1.87. The van der Waals surface area contributed by atoms with Crippen molar-refractivity contribution < 1.29 is 4.79 Å². The molecule has 0 aliphatic rings. The lowest BCUT2D eigenvalue weighted by Gasteiger charge is -1.98. The van der Waals surface area contributed by atoms with Crippen LogP contribution in [0.4, 0.5) is 0 Å². The molecule has 72 valence electrons. The molecule has 0 unspecified atom stereocenters. The molecule has 0 spiro atoms. The van der Waals surface area contributed by atoms with Gasteiger partial charge in [-0.25, -0.2) is 0 Å². The van der Waals surface area contributed by atoms with Gasteiger partial charge in [0.1, 0.15) is 0 Å². The SMILES string of the molecule is CC#CCCC(=O)c1ccnc(C)c1. The Labute approximate surface area is 84.4 Å². The van der Waals surface area contributed by atoms with Gasteiger partial charge in [-0.3, -0.25) is 9.78 Å². The largest absolute Gasteiger partial charge is 0.294 e. The van der Waals surface area contributed by atoms with Crippen LogP contribution < -0.4 is 0 Å². The Kier molecular flexibility index (Phi) is 3.87. The highest BCUT2D eigenvalue weighted by molar-refractivity contribution is 5.96. The van der Waals surface area contributed by atoms with Gasteiger partial charge in [0.15, 0.2) is 5.78 Å². The molecule has 2 heteroatoms. The van der Waals surface area contributed by atoms with Gasteiger partial charge in [0, 0.05) is 30.3 Å². The molecule has 0 amide bonds. The smallest absolute Gasteiger partial charge is 0.163 e. The fourth-order valence-corrected chi connectivity index (χ4v) is 1.16. The van der Waals surface area contributed by atoms with Gasteiger partial charge in [-0.1, -0.05) is 0 Å². The van der Waals surface area contributed by atoms with Crippen molar-refractivity contribution >= 4 is 5.78 Å². The zero-order valence-corrected chi connectivity index (χ0v) is 8.50. The van der Waals surface area contributed by atoms with E-state index in [1.165, 1.54) is 0 Å². The minimum Gasteiger partial charge on any atom is -0.294 e. The van der Waals surface area contributed by atoms with Gasteiger partial charge >= 0.3 is 0 Å². The highest BCUT2D eigenvalue weighted by Crippen LogP contribution is 2.05. The summed E-state index contributed by atoms with van der Waals surface area (Å²) in [5.74, 6) is 5.79. The summed E-state index contributed by atoms with van der Waals surface area (Å²) in [6.07, 6.45) is 2.79. The standard InChI is InChI=1S/C12H13NO/c1-3-4-5-6-12(14)11-7-8-13-10(2)9-11/h7-9H,5-6H2,1-2H3. The van der Waals surface area contributed by atoms with Crippen molar-refractivity contribution in [3.8, 4) is 11.8 Å². The lowest BCUT2D eigenvalue weighted by Crippen LogP contribution is -1.99. The molecule has 0 saturated carbocycles. The number of nitrogens with zero attached hydrogens (tertiary/aromatic N) is 1. The normalized spacial score (nSPS) is 9.00. The first-order valence-corrected chi connectivity index (χ1v) is 4.59. The maximum atomic E-state index is 11.6. The van der Waals surface area contributed by atoms with E-state index < -0.39 is 0 Å². The molecule has 1 aromatic rings. The first-order chi connectivity index (χ1) is 6.74. The minimum absolute atomic E-state index is 0.137. The Morgan fingerprint density at radius 3 is 3.00 bits per heavy atom. The van der Waals surface area contributed by atoms with E-state index in [0.717, 1.165) is 11.3 Å². The van der Waals surface area contributed by atoms with E-state index in [2.05, 4.69) is 16.8 Å². The predicted molar refractivity (Wildman–Crippen MR) is 56.0 cm³/mol. The summed E-state index contributed by atoms with van der Waals surface area (Å²) < 4.78 is 0. The van der Waals surface area contributed by atoms with Crippen LogP contribution in [-0.4, -0.2) is 10.8 Å². The lowest BCUT2D eigenvalue weighted by molar-refractivity contribution is 0.0984. The van der Waals surface area contributed by atoms with E-state index in [4.69, 9.17) is 0 Å². The summed E-state index contributed by atoms with van der Waals surface area (Å²) >= 11 is 0. The Morgan fingerprint density at radius 2 is 2.36 bits per heavy atom. The van der Waals surface area contributed by atoms with E-state index in [1.807, 2.05) is 13.0 Å². The molecule has 2 nitrogen and oxygen atoms in total. The number of carbonyl (C=O) groups is 1. The summed E-state index contributed by atoms with van der Waals surface area (Å²) in [6, 6.07) is 3.55. The zero-order chi connectivity index (χ0) is 10.4.